The Labute approximate surface area is 83.0 Å². The average Bonchev–Trinajstić information content (AvgIpc) is 1.85. The number of hydrogen-bond donors (Lipinski definition) is 1. The Balaban J connectivity index is 0. The summed E-state index contributed by atoms with van der Waals surface area (Å²) in [5.74, 6) is -0.320. The van der Waals surface area contributed by atoms with Gasteiger partial charge in [-0.25, -0.2) is 0 Å². The molecule has 0 unspecified atom stereocenters. The number of carbonyl (C=O) groups is 1. The SMILES string of the molecule is CCCOC(=O)CCO.[NaH]. The van der Waals surface area contributed by atoms with Crippen molar-refractivity contribution in [2.75, 3.05) is 13.2 Å². The molecular formula is C6H13NaO3. The minimum atomic E-state index is -0.320. The van der Waals surface area contributed by atoms with E-state index in [2.05, 4.69) is 4.74 Å². The Bertz CT molecular complexity index is 85.1. The summed E-state index contributed by atoms with van der Waals surface area (Å²) >= 11 is 0. The zero-order chi connectivity index (χ0) is 7.11. The van der Waals surface area contributed by atoms with Crippen molar-refractivity contribution >= 4 is 35.5 Å². The fourth-order valence-corrected chi connectivity index (χ4v) is 0.379. The van der Waals surface area contributed by atoms with Crippen molar-refractivity contribution in [3.8, 4) is 0 Å². The number of hydrogen-bond acceptors (Lipinski definition) is 3. The molecule has 1 N–H and O–H groups in total. The van der Waals surface area contributed by atoms with Crippen LogP contribution in [0.15, 0.2) is 0 Å². The van der Waals surface area contributed by atoms with E-state index in [0.717, 1.165) is 6.42 Å². The van der Waals surface area contributed by atoms with Crippen LogP contribution in [0.3, 0.4) is 0 Å². The van der Waals surface area contributed by atoms with Crippen LogP contribution in [-0.4, -0.2) is 53.8 Å². The molecule has 0 heterocycles. The number of aliphatic hydroxyl groups is 1. The van der Waals surface area contributed by atoms with Gasteiger partial charge in [0, 0.05) is 0 Å². The molecule has 0 spiro atoms. The first-order valence-electron chi connectivity index (χ1n) is 3.07. The second kappa shape index (κ2) is 9.43. The van der Waals surface area contributed by atoms with E-state index in [-0.39, 0.29) is 48.6 Å². The van der Waals surface area contributed by atoms with Gasteiger partial charge in [-0.2, -0.15) is 0 Å². The van der Waals surface area contributed by atoms with Crippen LogP contribution >= 0.6 is 0 Å². The summed E-state index contributed by atoms with van der Waals surface area (Å²) < 4.78 is 4.63. The normalized spacial score (nSPS) is 8.20. The molecule has 0 aromatic carbocycles. The second-order valence-corrected chi connectivity index (χ2v) is 1.69. The fraction of sp³-hybridized carbons (Fsp3) is 0.833. The zero-order valence-corrected chi connectivity index (χ0v) is 5.59. The monoisotopic (exact) mass is 156 g/mol. The predicted octanol–water partition coefficient (Wildman–Crippen LogP) is -0.326. The van der Waals surface area contributed by atoms with Crippen molar-refractivity contribution in [2.45, 2.75) is 19.8 Å². The summed E-state index contributed by atoms with van der Waals surface area (Å²) in [6, 6.07) is 0. The Morgan fingerprint density at radius 3 is 2.60 bits per heavy atom. The van der Waals surface area contributed by atoms with Crippen LogP contribution in [0, 0.1) is 0 Å². The number of aliphatic hydroxyl groups excluding tert-OH is 1. The van der Waals surface area contributed by atoms with Crippen LogP contribution in [0.4, 0.5) is 0 Å². The Morgan fingerprint density at radius 2 is 2.20 bits per heavy atom. The summed E-state index contributed by atoms with van der Waals surface area (Å²) in [4.78, 5) is 10.4. The number of carbonyl (C=O) groups excluding carboxylic acids is 1. The van der Waals surface area contributed by atoms with Crippen molar-refractivity contribution in [1.82, 2.24) is 0 Å². The van der Waals surface area contributed by atoms with Crippen LogP contribution < -0.4 is 0 Å². The minimum absolute atomic E-state index is 0. The third-order valence-electron chi connectivity index (χ3n) is 0.783. The fourth-order valence-electron chi connectivity index (χ4n) is 0.379. The van der Waals surface area contributed by atoms with Crippen molar-refractivity contribution in [3.63, 3.8) is 0 Å². The van der Waals surface area contributed by atoms with Gasteiger partial charge in [0.25, 0.3) is 0 Å². The van der Waals surface area contributed by atoms with Gasteiger partial charge in [-0.15, -0.1) is 0 Å². The topological polar surface area (TPSA) is 46.5 Å². The van der Waals surface area contributed by atoms with Gasteiger partial charge < -0.3 is 9.84 Å². The van der Waals surface area contributed by atoms with E-state index in [1.54, 1.807) is 0 Å². The summed E-state index contributed by atoms with van der Waals surface area (Å²) in [6.07, 6.45) is 0.942. The van der Waals surface area contributed by atoms with Crippen molar-refractivity contribution in [1.29, 1.82) is 0 Å². The molecule has 0 aromatic heterocycles. The van der Waals surface area contributed by atoms with Gasteiger partial charge in [0.2, 0.25) is 0 Å². The average molecular weight is 156 g/mol. The van der Waals surface area contributed by atoms with Crippen LogP contribution in [0.2, 0.25) is 0 Å². The summed E-state index contributed by atoms with van der Waals surface area (Å²) in [5.41, 5.74) is 0. The third kappa shape index (κ3) is 8.43. The van der Waals surface area contributed by atoms with Crippen LogP contribution in [0.5, 0.6) is 0 Å². The first-order valence-corrected chi connectivity index (χ1v) is 3.07. The van der Waals surface area contributed by atoms with Crippen LogP contribution in [0.1, 0.15) is 19.8 Å². The quantitative estimate of drug-likeness (QED) is 0.448. The summed E-state index contributed by atoms with van der Waals surface area (Å²) in [5, 5.41) is 8.24. The van der Waals surface area contributed by atoms with E-state index in [1.165, 1.54) is 0 Å². The van der Waals surface area contributed by atoms with Gasteiger partial charge in [-0.3, -0.25) is 4.79 Å². The molecule has 0 aromatic rings. The predicted molar refractivity (Wildman–Crippen MR) is 40.1 cm³/mol. The van der Waals surface area contributed by atoms with Gasteiger partial charge >= 0.3 is 35.5 Å². The molecule has 0 rings (SSSR count). The summed E-state index contributed by atoms with van der Waals surface area (Å²) in [7, 11) is 0. The maximum atomic E-state index is 10.4. The third-order valence-corrected chi connectivity index (χ3v) is 0.783. The van der Waals surface area contributed by atoms with E-state index in [9.17, 15) is 4.79 Å². The van der Waals surface area contributed by atoms with Crippen LogP contribution in [-0.2, 0) is 9.53 Å². The van der Waals surface area contributed by atoms with Crippen LogP contribution in [0.25, 0.3) is 0 Å². The number of rotatable bonds is 4. The molecule has 0 radical (unpaired) electrons. The molecular weight excluding hydrogens is 143 g/mol. The molecule has 0 aliphatic heterocycles. The zero-order valence-electron chi connectivity index (χ0n) is 5.59. The van der Waals surface area contributed by atoms with Gasteiger partial charge in [-0.05, 0) is 6.42 Å². The first-order chi connectivity index (χ1) is 4.31. The van der Waals surface area contributed by atoms with Gasteiger partial charge in [-0.1, -0.05) is 6.92 Å². The van der Waals surface area contributed by atoms with Gasteiger partial charge in [0.1, 0.15) is 0 Å². The van der Waals surface area contributed by atoms with Crippen molar-refractivity contribution in [3.05, 3.63) is 0 Å². The summed E-state index contributed by atoms with van der Waals surface area (Å²) in [6.45, 7) is 2.26. The number of ether oxygens (including phenoxy) is 1. The molecule has 0 amide bonds. The Hall–Kier alpha value is 0.430. The first kappa shape index (κ1) is 13.1. The standard InChI is InChI=1S/C6H12O3.Na.H/c1-2-5-9-6(8)3-4-7;;/h7H,2-5H2,1H3;;. The molecule has 0 bridgehead atoms. The van der Waals surface area contributed by atoms with Gasteiger partial charge in [0.05, 0.1) is 19.6 Å². The molecule has 3 nitrogen and oxygen atoms in total. The van der Waals surface area contributed by atoms with E-state index in [4.69, 9.17) is 5.11 Å². The second-order valence-electron chi connectivity index (χ2n) is 1.69. The molecule has 0 aliphatic rings. The van der Waals surface area contributed by atoms with Crippen molar-refractivity contribution < 1.29 is 14.6 Å². The maximum absolute atomic E-state index is 10.4. The molecule has 0 atom stereocenters. The number of esters is 1. The van der Waals surface area contributed by atoms with E-state index in [1.807, 2.05) is 6.92 Å². The molecule has 0 aliphatic carbocycles. The molecule has 0 saturated heterocycles. The molecule has 56 valence electrons. The van der Waals surface area contributed by atoms with Crippen molar-refractivity contribution in [2.24, 2.45) is 0 Å². The van der Waals surface area contributed by atoms with Gasteiger partial charge in [0.15, 0.2) is 0 Å². The molecule has 0 saturated carbocycles. The molecule has 10 heavy (non-hydrogen) atoms. The van der Waals surface area contributed by atoms with E-state index >= 15 is 0 Å². The Kier molecular flexibility index (Phi) is 12.3. The molecule has 0 fully saturated rings. The van der Waals surface area contributed by atoms with E-state index < -0.39 is 0 Å². The Morgan fingerprint density at radius 1 is 1.60 bits per heavy atom. The van der Waals surface area contributed by atoms with E-state index in [0.29, 0.717) is 6.61 Å². The molecule has 4 heteroatoms.